The van der Waals surface area contributed by atoms with Gasteiger partial charge >= 0.3 is 0 Å². The van der Waals surface area contributed by atoms with Gasteiger partial charge in [-0.25, -0.2) is 0 Å². The summed E-state index contributed by atoms with van der Waals surface area (Å²) in [7, 11) is 1.68. The molecule has 7 heteroatoms. The van der Waals surface area contributed by atoms with Crippen LogP contribution in [0.2, 0.25) is 0 Å². The summed E-state index contributed by atoms with van der Waals surface area (Å²) < 4.78 is 7.08. The Morgan fingerprint density at radius 3 is 2.21 bits per heavy atom. The van der Waals surface area contributed by atoms with E-state index in [9.17, 15) is 4.79 Å². The molecule has 0 amide bonds. The van der Waals surface area contributed by atoms with E-state index in [4.69, 9.17) is 4.74 Å². The molecule has 0 N–H and O–H groups in total. The van der Waals surface area contributed by atoms with E-state index in [1.165, 1.54) is 24.8 Å². The zero-order chi connectivity index (χ0) is 19.8. The maximum Gasteiger partial charge on any atom is 0.175 e. The number of carbonyl (C=O) groups is 1. The second-order valence-corrected chi connectivity index (χ2v) is 12.3. The van der Waals surface area contributed by atoms with Crippen molar-refractivity contribution >= 4 is 40.6 Å². The fourth-order valence-corrected chi connectivity index (χ4v) is 8.92. The molecule has 0 aliphatic heterocycles. The molecule has 0 radical (unpaired) electrons. The molecule has 1 aromatic heterocycles. The number of Topliss-reactive ketones (excluding diaryl/α,β-unsaturated/α-hetero) is 1. The van der Waals surface area contributed by atoms with E-state index >= 15 is 0 Å². The van der Waals surface area contributed by atoms with Crippen LogP contribution in [0.5, 0.6) is 5.75 Å². The van der Waals surface area contributed by atoms with Crippen molar-refractivity contribution in [1.29, 1.82) is 0 Å². The van der Waals surface area contributed by atoms with Gasteiger partial charge in [-0.2, -0.15) is 0 Å². The highest BCUT2D eigenvalue weighted by molar-refractivity contribution is 8.03. The molecule has 4 saturated carbocycles. The summed E-state index contributed by atoms with van der Waals surface area (Å²) in [6.45, 7) is 0. The van der Waals surface area contributed by atoms with Gasteiger partial charge in [-0.15, -0.1) is 10.2 Å². The largest absolute Gasteiger partial charge is 0.497 e. The number of nitrogens with zero attached hydrogens (tertiary/aromatic N) is 2. The van der Waals surface area contributed by atoms with Crippen molar-refractivity contribution in [1.82, 2.24) is 10.2 Å². The molecule has 0 atom stereocenters. The van der Waals surface area contributed by atoms with Crippen LogP contribution >= 0.6 is 34.9 Å². The van der Waals surface area contributed by atoms with Gasteiger partial charge in [0.25, 0.3) is 0 Å². The Balaban J connectivity index is 1.14. The third-order valence-electron chi connectivity index (χ3n) is 6.87. The van der Waals surface area contributed by atoms with Crippen molar-refractivity contribution in [2.75, 3.05) is 12.9 Å². The lowest BCUT2D eigenvalue weighted by Gasteiger charge is -2.56. The number of benzene rings is 1. The van der Waals surface area contributed by atoms with Crippen LogP contribution in [-0.2, 0) is 10.5 Å². The quantitative estimate of drug-likeness (QED) is 0.484. The number of carbonyl (C=O) groups excluding carboxylic acids is 1. The van der Waals surface area contributed by atoms with Crippen molar-refractivity contribution in [2.45, 2.75) is 53.0 Å². The average molecular weight is 447 g/mol. The Morgan fingerprint density at radius 2 is 1.62 bits per heavy atom. The SMILES string of the molecule is COc1ccc(CSc2nnc(SCC(=O)C34CC5CC(CC(C5)C3)C4)s2)cc1. The van der Waals surface area contributed by atoms with Gasteiger partial charge in [-0.05, 0) is 74.0 Å². The van der Waals surface area contributed by atoms with Crippen LogP contribution in [0, 0.1) is 23.2 Å². The number of ether oxygens (including phenoxy) is 1. The lowest BCUT2D eigenvalue weighted by Crippen LogP contribution is -2.50. The van der Waals surface area contributed by atoms with Crippen molar-refractivity contribution in [2.24, 2.45) is 23.2 Å². The lowest BCUT2D eigenvalue weighted by atomic mass is 9.48. The van der Waals surface area contributed by atoms with Crippen LogP contribution < -0.4 is 4.74 Å². The molecule has 0 unspecified atom stereocenters. The number of thioether (sulfide) groups is 2. The first-order chi connectivity index (χ1) is 14.1. The number of aromatic nitrogens is 2. The van der Waals surface area contributed by atoms with Gasteiger partial charge < -0.3 is 4.74 Å². The Hall–Kier alpha value is -1.05. The molecule has 4 fully saturated rings. The lowest BCUT2D eigenvalue weighted by molar-refractivity contribution is -0.141. The van der Waals surface area contributed by atoms with Gasteiger partial charge in [-0.3, -0.25) is 4.79 Å². The van der Waals surface area contributed by atoms with E-state index in [1.807, 2.05) is 12.1 Å². The molecule has 4 aliphatic rings. The molecule has 4 aliphatic carbocycles. The molecular formula is C22H26N2O2S3. The maximum atomic E-state index is 13.2. The van der Waals surface area contributed by atoms with Gasteiger partial charge in [0.15, 0.2) is 8.68 Å². The summed E-state index contributed by atoms with van der Waals surface area (Å²) in [6, 6.07) is 8.11. The van der Waals surface area contributed by atoms with Crippen LogP contribution in [0.15, 0.2) is 32.9 Å². The Labute approximate surface area is 184 Å². The Bertz CT molecular complexity index is 845. The molecule has 154 valence electrons. The number of hydrogen-bond acceptors (Lipinski definition) is 7. The zero-order valence-corrected chi connectivity index (χ0v) is 19.1. The molecule has 1 heterocycles. The monoisotopic (exact) mass is 446 g/mol. The van der Waals surface area contributed by atoms with Gasteiger partial charge in [0, 0.05) is 11.2 Å². The van der Waals surface area contributed by atoms with Crippen molar-refractivity contribution < 1.29 is 9.53 Å². The molecule has 2 aromatic rings. The maximum absolute atomic E-state index is 13.2. The molecule has 0 spiro atoms. The number of rotatable bonds is 8. The molecule has 6 rings (SSSR count). The van der Waals surface area contributed by atoms with E-state index in [0.29, 0.717) is 11.5 Å². The third-order valence-corrected chi connectivity index (χ3v) is 10.1. The highest BCUT2D eigenvalue weighted by atomic mass is 32.2. The van der Waals surface area contributed by atoms with Crippen LogP contribution in [0.1, 0.15) is 44.1 Å². The fourth-order valence-electron chi connectivity index (χ4n) is 5.91. The van der Waals surface area contributed by atoms with E-state index in [-0.39, 0.29) is 5.41 Å². The highest BCUT2D eigenvalue weighted by Gasteiger charge is 2.54. The van der Waals surface area contributed by atoms with E-state index in [1.54, 1.807) is 42.0 Å². The molecule has 29 heavy (non-hydrogen) atoms. The minimum atomic E-state index is -0.00160. The average Bonchev–Trinajstić information content (AvgIpc) is 3.18. The highest BCUT2D eigenvalue weighted by Crippen LogP contribution is 2.60. The molecule has 0 saturated heterocycles. The van der Waals surface area contributed by atoms with Gasteiger partial charge in [0.2, 0.25) is 0 Å². The Morgan fingerprint density at radius 1 is 1.03 bits per heavy atom. The van der Waals surface area contributed by atoms with Crippen molar-refractivity contribution in [3.8, 4) is 5.75 Å². The summed E-state index contributed by atoms with van der Waals surface area (Å²) in [5, 5.41) is 8.62. The van der Waals surface area contributed by atoms with Crippen molar-refractivity contribution in [3.05, 3.63) is 29.8 Å². The van der Waals surface area contributed by atoms with Gasteiger partial charge in [-0.1, -0.05) is 47.0 Å². The molecule has 4 bridgehead atoms. The minimum absolute atomic E-state index is 0.00160. The predicted octanol–water partition coefficient (Wildman–Crippen LogP) is 5.72. The van der Waals surface area contributed by atoms with Gasteiger partial charge in [0.05, 0.1) is 12.9 Å². The standard InChI is InChI=1S/C22H26N2O2S3/c1-26-18-4-2-14(3-5-18)12-27-20-23-24-21(29-20)28-13-19(25)22-9-15-6-16(10-22)8-17(7-15)11-22/h2-5,15-17H,6-13H2,1H3. The topological polar surface area (TPSA) is 52.1 Å². The normalized spacial score (nSPS) is 29.9. The fraction of sp³-hybridized carbons (Fsp3) is 0.591. The van der Waals surface area contributed by atoms with Crippen LogP contribution in [0.25, 0.3) is 0 Å². The van der Waals surface area contributed by atoms with Gasteiger partial charge in [0.1, 0.15) is 11.5 Å². The van der Waals surface area contributed by atoms with Crippen LogP contribution in [-0.4, -0.2) is 28.8 Å². The Kier molecular flexibility index (Phi) is 5.65. The first-order valence-corrected chi connectivity index (χ1v) is 13.2. The molecular weight excluding hydrogens is 420 g/mol. The number of hydrogen-bond donors (Lipinski definition) is 0. The summed E-state index contributed by atoms with van der Waals surface area (Å²) in [6.07, 6.45) is 7.59. The van der Waals surface area contributed by atoms with Crippen molar-refractivity contribution in [3.63, 3.8) is 0 Å². The minimum Gasteiger partial charge on any atom is -0.497 e. The molecule has 4 nitrogen and oxygen atoms in total. The summed E-state index contributed by atoms with van der Waals surface area (Å²) in [4.78, 5) is 13.2. The first-order valence-electron chi connectivity index (χ1n) is 10.4. The van der Waals surface area contributed by atoms with Crippen LogP contribution in [0.4, 0.5) is 0 Å². The van der Waals surface area contributed by atoms with E-state index in [2.05, 4.69) is 22.3 Å². The molecule has 1 aromatic carbocycles. The number of ketones is 1. The zero-order valence-electron chi connectivity index (χ0n) is 16.6. The smallest absolute Gasteiger partial charge is 0.175 e. The third kappa shape index (κ3) is 4.23. The summed E-state index contributed by atoms with van der Waals surface area (Å²) in [5.74, 6) is 5.22. The predicted molar refractivity (Wildman–Crippen MR) is 119 cm³/mol. The van der Waals surface area contributed by atoms with Crippen LogP contribution in [0.3, 0.4) is 0 Å². The summed E-state index contributed by atoms with van der Waals surface area (Å²) in [5.41, 5.74) is 1.23. The first kappa shape index (κ1) is 19.9. The summed E-state index contributed by atoms with van der Waals surface area (Å²) >= 11 is 4.89. The number of methoxy groups -OCH3 is 1. The second kappa shape index (κ2) is 8.23. The van der Waals surface area contributed by atoms with E-state index in [0.717, 1.165) is 57.2 Å². The van der Waals surface area contributed by atoms with E-state index < -0.39 is 0 Å². The second-order valence-electron chi connectivity index (χ2n) is 8.88.